The standard InChI is InChI=1S/C14H11N3O3/c1-20-10-7-5-9(6-8-10)13-15-12-4-2-3-11(14(18)19)17(12)16-13/h2-8H,1H3,(H,18,19). The van der Waals surface area contributed by atoms with Crippen molar-refractivity contribution < 1.29 is 14.6 Å². The summed E-state index contributed by atoms with van der Waals surface area (Å²) in [5.74, 6) is 0.173. The van der Waals surface area contributed by atoms with Gasteiger partial charge < -0.3 is 9.84 Å². The fourth-order valence-electron chi connectivity index (χ4n) is 1.93. The number of pyridine rings is 1. The van der Waals surface area contributed by atoms with Crippen LogP contribution in [0.4, 0.5) is 0 Å². The molecule has 2 heterocycles. The molecule has 0 aliphatic carbocycles. The normalized spacial score (nSPS) is 10.7. The van der Waals surface area contributed by atoms with Crippen LogP contribution in [-0.4, -0.2) is 32.8 Å². The first-order valence-corrected chi connectivity index (χ1v) is 5.92. The van der Waals surface area contributed by atoms with Gasteiger partial charge in [0.05, 0.1) is 7.11 Å². The zero-order chi connectivity index (χ0) is 14.1. The number of rotatable bonds is 3. The van der Waals surface area contributed by atoms with Gasteiger partial charge in [-0.15, -0.1) is 5.10 Å². The van der Waals surface area contributed by atoms with E-state index in [4.69, 9.17) is 9.84 Å². The van der Waals surface area contributed by atoms with Gasteiger partial charge in [-0.05, 0) is 36.4 Å². The first kappa shape index (κ1) is 12.2. The summed E-state index contributed by atoms with van der Waals surface area (Å²) < 4.78 is 6.41. The number of hydrogen-bond donors (Lipinski definition) is 1. The molecule has 0 fully saturated rings. The van der Waals surface area contributed by atoms with Gasteiger partial charge in [-0.25, -0.2) is 14.3 Å². The van der Waals surface area contributed by atoms with Gasteiger partial charge in [0.1, 0.15) is 5.75 Å². The van der Waals surface area contributed by atoms with Crippen LogP contribution in [0.2, 0.25) is 0 Å². The number of carboxylic acid groups (broad SMARTS) is 1. The molecule has 0 amide bonds. The Morgan fingerprint density at radius 3 is 2.60 bits per heavy atom. The molecule has 1 N–H and O–H groups in total. The summed E-state index contributed by atoms with van der Waals surface area (Å²) in [5.41, 5.74) is 1.37. The lowest BCUT2D eigenvalue weighted by Crippen LogP contribution is -2.05. The van der Waals surface area contributed by atoms with Gasteiger partial charge in [0.15, 0.2) is 17.2 Å². The number of benzene rings is 1. The van der Waals surface area contributed by atoms with Crippen molar-refractivity contribution in [3.8, 4) is 17.1 Å². The number of aromatic nitrogens is 3. The molecule has 0 spiro atoms. The number of nitrogens with zero attached hydrogens (tertiary/aromatic N) is 3. The Morgan fingerprint density at radius 1 is 1.20 bits per heavy atom. The highest BCUT2D eigenvalue weighted by Crippen LogP contribution is 2.20. The van der Waals surface area contributed by atoms with E-state index in [1.54, 1.807) is 31.4 Å². The van der Waals surface area contributed by atoms with Gasteiger partial charge in [-0.3, -0.25) is 0 Å². The number of fused-ring (bicyclic) bond motifs is 1. The van der Waals surface area contributed by atoms with E-state index in [1.807, 2.05) is 12.1 Å². The number of aromatic carboxylic acids is 1. The van der Waals surface area contributed by atoms with Gasteiger partial charge in [0, 0.05) is 5.56 Å². The zero-order valence-electron chi connectivity index (χ0n) is 10.6. The molecule has 0 atom stereocenters. The Hall–Kier alpha value is -2.89. The molecule has 0 saturated heterocycles. The van der Waals surface area contributed by atoms with E-state index < -0.39 is 5.97 Å². The molecule has 0 bridgehead atoms. The minimum absolute atomic E-state index is 0.0785. The number of carboxylic acids is 1. The lowest BCUT2D eigenvalue weighted by molar-refractivity contribution is 0.0687. The molecule has 0 saturated carbocycles. The quantitative estimate of drug-likeness (QED) is 0.788. The largest absolute Gasteiger partial charge is 0.497 e. The van der Waals surface area contributed by atoms with Crippen LogP contribution >= 0.6 is 0 Å². The maximum Gasteiger partial charge on any atom is 0.354 e. The van der Waals surface area contributed by atoms with E-state index in [1.165, 1.54) is 10.6 Å². The number of methoxy groups -OCH3 is 1. The predicted molar refractivity (Wildman–Crippen MR) is 71.9 cm³/mol. The molecule has 20 heavy (non-hydrogen) atoms. The average molecular weight is 269 g/mol. The summed E-state index contributed by atoms with van der Waals surface area (Å²) in [6, 6.07) is 12.1. The Kier molecular flexibility index (Phi) is 2.83. The second-order valence-electron chi connectivity index (χ2n) is 4.15. The fourth-order valence-corrected chi connectivity index (χ4v) is 1.93. The van der Waals surface area contributed by atoms with Crippen molar-refractivity contribution >= 4 is 11.6 Å². The molecule has 6 nitrogen and oxygen atoms in total. The molecule has 3 aromatic rings. The minimum atomic E-state index is -1.04. The van der Waals surface area contributed by atoms with Crippen LogP contribution in [0.25, 0.3) is 17.0 Å². The highest BCUT2D eigenvalue weighted by atomic mass is 16.5. The molecular weight excluding hydrogens is 258 g/mol. The topological polar surface area (TPSA) is 76.7 Å². The molecule has 0 unspecified atom stereocenters. The Morgan fingerprint density at radius 2 is 1.95 bits per heavy atom. The highest BCUT2D eigenvalue weighted by molar-refractivity contribution is 5.86. The SMILES string of the molecule is COc1ccc(-c2nc3cccc(C(=O)O)n3n2)cc1. The molecule has 0 aliphatic rings. The summed E-state index contributed by atoms with van der Waals surface area (Å²) in [7, 11) is 1.59. The molecule has 3 rings (SSSR count). The predicted octanol–water partition coefficient (Wildman–Crippen LogP) is 2.10. The summed E-state index contributed by atoms with van der Waals surface area (Å²) in [5, 5.41) is 13.4. The smallest absolute Gasteiger partial charge is 0.354 e. The monoisotopic (exact) mass is 269 g/mol. The number of ether oxygens (including phenoxy) is 1. The lowest BCUT2D eigenvalue weighted by atomic mass is 10.2. The van der Waals surface area contributed by atoms with Crippen LogP contribution in [0.1, 0.15) is 10.5 Å². The van der Waals surface area contributed by atoms with Crippen molar-refractivity contribution in [1.82, 2.24) is 14.6 Å². The summed E-state index contributed by atoms with van der Waals surface area (Å²) in [6.45, 7) is 0. The molecule has 1 aromatic carbocycles. The van der Waals surface area contributed by atoms with Crippen LogP contribution < -0.4 is 4.74 Å². The van der Waals surface area contributed by atoms with E-state index in [9.17, 15) is 4.79 Å². The molecular formula is C14H11N3O3. The van der Waals surface area contributed by atoms with Crippen LogP contribution in [0, 0.1) is 0 Å². The van der Waals surface area contributed by atoms with Crippen molar-refractivity contribution in [1.29, 1.82) is 0 Å². The van der Waals surface area contributed by atoms with Crippen molar-refractivity contribution in [2.24, 2.45) is 0 Å². The number of hydrogen-bond acceptors (Lipinski definition) is 4. The third-order valence-corrected chi connectivity index (χ3v) is 2.93. The highest BCUT2D eigenvalue weighted by Gasteiger charge is 2.12. The Bertz CT molecular complexity index is 778. The Balaban J connectivity index is 2.12. The zero-order valence-corrected chi connectivity index (χ0v) is 10.6. The average Bonchev–Trinajstić information content (AvgIpc) is 2.90. The van der Waals surface area contributed by atoms with Gasteiger partial charge >= 0.3 is 5.97 Å². The van der Waals surface area contributed by atoms with Gasteiger partial charge in [-0.2, -0.15) is 0 Å². The molecule has 6 heteroatoms. The molecule has 2 aromatic heterocycles. The molecule has 100 valence electrons. The summed E-state index contributed by atoms with van der Waals surface area (Å²) in [4.78, 5) is 15.5. The van der Waals surface area contributed by atoms with E-state index in [0.29, 0.717) is 11.5 Å². The number of carbonyl (C=O) groups is 1. The second kappa shape index (κ2) is 4.65. The third kappa shape index (κ3) is 1.97. The maximum atomic E-state index is 11.1. The first-order valence-electron chi connectivity index (χ1n) is 5.92. The first-order chi connectivity index (χ1) is 9.69. The van der Waals surface area contributed by atoms with Crippen LogP contribution in [0.5, 0.6) is 5.75 Å². The van der Waals surface area contributed by atoms with Crippen LogP contribution in [0.3, 0.4) is 0 Å². The van der Waals surface area contributed by atoms with Crippen molar-refractivity contribution in [3.63, 3.8) is 0 Å². The van der Waals surface area contributed by atoms with Crippen molar-refractivity contribution in [2.45, 2.75) is 0 Å². The Labute approximate surface area is 114 Å². The van der Waals surface area contributed by atoms with Crippen molar-refractivity contribution in [3.05, 3.63) is 48.2 Å². The summed E-state index contributed by atoms with van der Waals surface area (Å²) >= 11 is 0. The molecule has 0 radical (unpaired) electrons. The van der Waals surface area contributed by atoms with Crippen LogP contribution in [0.15, 0.2) is 42.5 Å². The van der Waals surface area contributed by atoms with E-state index in [0.717, 1.165) is 11.3 Å². The van der Waals surface area contributed by atoms with E-state index >= 15 is 0 Å². The second-order valence-corrected chi connectivity index (χ2v) is 4.15. The molecule has 0 aliphatic heterocycles. The summed E-state index contributed by atoms with van der Waals surface area (Å²) in [6.07, 6.45) is 0. The van der Waals surface area contributed by atoms with Crippen molar-refractivity contribution in [2.75, 3.05) is 7.11 Å². The van der Waals surface area contributed by atoms with E-state index in [-0.39, 0.29) is 5.69 Å². The van der Waals surface area contributed by atoms with Gasteiger partial charge in [0.2, 0.25) is 0 Å². The van der Waals surface area contributed by atoms with E-state index in [2.05, 4.69) is 10.1 Å². The van der Waals surface area contributed by atoms with Crippen LogP contribution in [-0.2, 0) is 0 Å². The maximum absolute atomic E-state index is 11.1. The fraction of sp³-hybridized carbons (Fsp3) is 0.0714. The minimum Gasteiger partial charge on any atom is -0.497 e. The lowest BCUT2D eigenvalue weighted by Gasteiger charge is -1.99. The van der Waals surface area contributed by atoms with Gasteiger partial charge in [0.25, 0.3) is 0 Å². The van der Waals surface area contributed by atoms with Gasteiger partial charge in [-0.1, -0.05) is 6.07 Å². The third-order valence-electron chi connectivity index (χ3n) is 2.93.